The summed E-state index contributed by atoms with van der Waals surface area (Å²) in [6.07, 6.45) is 9.08. The molecule has 0 heteroatoms. The number of hydrogen-bond acceptors (Lipinski definition) is 0. The molecule has 8 heavy (non-hydrogen) atoms. The summed E-state index contributed by atoms with van der Waals surface area (Å²) in [5.41, 5.74) is 0.875. The number of rotatable bonds is 0. The van der Waals surface area contributed by atoms with Gasteiger partial charge in [-0.25, -0.2) is 0 Å². The van der Waals surface area contributed by atoms with E-state index in [0.717, 1.165) is 0 Å². The minimum atomic E-state index is 0.438. The van der Waals surface area contributed by atoms with Gasteiger partial charge >= 0.3 is 0 Å². The predicted molar refractivity (Wildman–Crippen MR) is 34.5 cm³/mol. The molecule has 0 unspecified atom stereocenters. The molecule has 0 aromatic carbocycles. The summed E-state index contributed by atoms with van der Waals surface area (Å²) in [6.45, 7) is 4.54. The lowest BCUT2D eigenvalue weighted by Gasteiger charge is -2.53. The fourth-order valence-corrected chi connectivity index (χ4v) is 1.33. The van der Waals surface area contributed by atoms with Crippen molar-refractivity contribution in [1.29, 1.82) is 0 Å². The lowest BCUT2D eigenvalue weighted by molar-refractivity contribution is 0.223. The monoisotopic (exact) mass is 106 g/mol. The first-order valence-corrected chi connectivity index (χ1v) is 3.07. The molecule has 0 saturated carbocycles. The van der Waals surface area contributed by atoms with Gasteiger partial charge in [0.1, 0.15) is 0 Å². The molecular weight excluding hydrogens is 96.1 g/mol. The third-order valence-electron chi connectivity index (χ3n) is 2.71. The average Bonchev–Trinajstić information content (AvgIpc) is 1.81. The third-order valence-corrected chi connectivity index (χ3v) is 2.71. The Morgan fingerprint density at radius 2 is 1.00 bits per heavy atom. The van der Waals surface area contributed by atoms with Crippen LogP contribution >= 0.6 is 0 Å². The first-order chi connectivity index (χ1) is 3.66. The van der Waals surface area contributed by atoms with E-state index in [1.807, 2.05) is 0 Å². The van der Waals surface area contributed by atoms with E-state index in [2.05, 4.69) is 38.2 Å². The first kappa shape index (κ1) is 4.37. The fraction of sp³-hybridized carbons (Fsp3) is 0.500. The van der Waals surface area contributed by atoms with Crippen molar-refractivity contribution < 1.29 is 0 Å². The number of hydrogen-bond donors (Lipinski definition) is 0. The number of allylic oxidation sites excluding steroid dienone is 4. The Morgan fingerprint density at radius 3 is 1.00 bits per heavy atom. The molecule has 0 bridgehead atoms. The van der Waals surface area contributed by atoms with Gasteiger partial charge < -0.3 is 0 Å². The van der Waals surface area contributed by atoms with E-state index >= 15 is 0 Å². The molecule has 0 spiro atoms. The standard InChI is InChI=1S/C8H10/c1-7-3-5-8(7,2)6-4-7/h3-6H,1-2H3. The molecule has 0 atom stereocenters. The summed E-state index contributed by atoms with van der Waals surface area (Å²) in [6, 6.07) is 0. The molecular formula is C8H10. The average molecular weight is 106 g/mol. The molecule has 0 aromatic rings. The van der Waals surface area contributed by atoms with Crippen LogP contribution in [-0.4, -0.2) is 0 Å². The normalized spacial score (nSPS) is 56.8. The Balaban J connectivity index is 2.50. The summed E-state index contributed by atoms with van der Waals surface area (Å²) in [7, 11) is 0. The van der Waals surface area contributed by atoms with Gasteiger partial charge in [0.25, 0.3) is 0 Å². The van der Waals surface area contributed by atoms with Gasteiger partial charge in [0.15, 0.2) is 0 Å². The quantitative estimate of drug-likeness (QED) is 0.415. The minimum Gasteiger partial charge on any atom is -0.0768 e. The van der Waals surface area contributed by atoms with Crippen molar-refractivity contribution in [2.75, 3.05) is 0 Å². The lowest BCUT2D eigenvalue weighted by Crippen LogP contribution is -2.44. The van der Waals surface area contributed by atoms with E-state index in [0.29, 0.717) is 10.8 Å². The molecule has 0 nitrogen and oxygen atoms in total. The maximum absolute atomic E-state index is 2.27. The van der Waals surface area contributed by atoms with Crippen LogP contribution in [0.2, 0.25) is 0 Å². The molecule has 2 rings (SSSR count). The van der Waals surface area contributed by atoms with E-state index < -0.39 is 0 Å². The van der Waals surface area contributed by atoms with Gasteiger partial charge in [-0.3, -0.25) is 0 Å². The Bertz CT molecular complexity index is 150. The summed E-state index contributed by atoms with van der Waals surface area (Å²) >= 11 is 0. The van der Waals surface area contributed by atoms with Crippen molar-refractivity contribution in [1.82, 2.24) is 0 Å². The molecule has 2 aliphatic rings. The van der Waals surface area contributed by atoms with Gasteiger partial charge in [-0.15, -0.1) is 0 Å². The first-order valence-electron chi connectivity index (χ1n) is 3.07. The van der Waals surface area contributed by atoms with E-state index in [9.17, 15) is 0 Å². The molecule has 0 radical (unpaired) electrons. The lowest BCUT2D eigenvalue weighted by atomic mass is 9.50. The fourth-order valence-electron chi connectivity index (χ4n) is 1.33. The van der Waals surface area contributed by atoms with E-state index in [1.54, 1.807) is 0 Å². The SMILES string of the molecule is CC12C=CC1(C)C=C2. The number of fused-ring (bicyclic) bond motifs is 1. The van der Waals surface area contributed by atoms with Crippen LogP contribution in [-0.2, 0) is 0 Å². The predicted octanol–water partition coefficient (Wildman–Crippen LogP) is 2.14. The van der Waals surface area contributed by atoms with Crippen LogP contribution in [0.5, 0.6) is 0 Å². The maximum atomic E-state index is 2.27. The smallest absolute Gasteiger partial charge is 0.0156 e. The zero-order valence-electron chi connectivity index (χ0n) is 5.31. The second-order valence-corrected chi connectivity index (χ2v) is 3.23. The highest BCUT2D eigenvalue weighted by molar-refractivity contribution is 5.43. The molecule has 0 heterocycles. The van der Waals surface area contributed by atoms with Gasteiger partial charge in [0.2, 0.25) is 0 Å². The van der Waals surface area contributed by atoms with E-state index in [4.69, 9.17) is 0 Å². The molecule has 0 aliphatic heterocycles. The van der Waals surface area contributed by atoms with Crippen LogP contribution in [0.1, 0.15) is 13.8 Å². The molecule has 0 aromatic heterocycles. The zero-order valence-corrected chi connectivity index (χ0v) is 5.31. The Kier molecular flexibility index (Phi) is 0.443. The molecule has 2 aliphatic carbocycles. The highest BCUT2D eigenvalue weighted by Crippen LogP contribution is 2.58. The van der Waals surface area contributed by atoms with Crippen LogP contribution in [0.4, 0.5) is 0 Å². The van der Waals surface area contributed by atoms with Gasteiger partial charge in [0, 0.05) is 10.8 Å². The van der Waals surface area contributed by atoms with Crippen molar-refractivity contribution in [3.63, 3.8) is 0 Å². The topological polar surface area (TPSA) is 0 Å². The second-order valence-electron chi connectivity index (χ2n) is 3.23. The van der Waals surface area contributed by atoms with Crippen molar-refractivity contribution in [3.05, 3.63) is 24.3 Å². The zero-order chi connectivity index (χ0) is 5.83. The van der Waals surface area contributed by atoms with E-state index in [-0.39, 0.29) is 0 Å². The summed E-state index contributed by atoms with van der Waals surface area (Å²) in [5, 5.41) is 0. The molecule has 42 valence electrons. The molecule has 0 fully saturated rings. The van der Waals surface area contributed by atoms with Crippen LogP contribution in [0.3, 0.4) is 0 Å². The molecule has 0 saturated heterocycles. The maximum Gasteiger partial charge on any atom is 0.0156 e. The highest BCUT2D eigenvalue weighted by Gasteiger charge is 2.49. The van der Waals surface area contributed by atoms with Gasteiger partial charge in [-0.05, 0) is 0 Å². The Labute approximate surface area is 49.9 Å². The van der Waals surface area contributed by atoms with Crippen LogP contribution in [0, 0.1) is 10.8 Å². The van der Waals surface area contributed by atoms with Crippen molar-refractivity contribution in [3.8, 4) is 0 Å². The summed E-state index contributed by atoms with van der Waals surface area (Å²) in [4.78, 5) is 0. The second kappa shape index (κ2) is 0.812. The summed E-state index contributed by atoms with van der Waals surface area (Å²) < 4.78 is 0. The highest BCUT2D eigenvalue weighted by atomic mass is 14.5. The van der Waals surface area contributed by atoms with Crippen molar-refractivity contribution in [2.24, 2.45) is 10.8 Å². The Morgan fingerprint density at radius 1 is 0.750 bits per heavy atom. The van der Waals surface area contributed by atoms with Crippen LogP contribution in [0.15, 0.2) is 24.3 Å². The van der Waals surface area contributed by atoms with Gasteiger partial charge in [-0.1, -0.05) is 38.2 Å². The molecule has 0 amide bonds. The molecule has 0 N–H and O–H groups in total. The third kappa shape index (κ3) is 0.218. The van der Waals surface area contributed by atoms with Gasteiger partial charge in [0.05, 0.1) is 0 Å². The largest absolute Gasteiger partial charge is 0.0768 e. The minimum absolute atomic E-state index is 0.438. The van der Waals surface area contributed by atoms with Crippen LogP contribution < -0.4 is 0 Å². The van der Waals surface area contributed by atoms with Gasteiger partial charge in [-0.2, -0.15) is 0 Å². The van der Waals surface area contributed by atoms with Crippen molar-refractivity contribution in [2.45, 2.75) is 13.8 Å². The summed E-state index contributed by atoms with van der Waals surface area (Å²) in [5.74, 6) is 0. The Hall–Kier alpha value is -0.520. The van der Waals surface area contributed by atoms with E-state index in [1.165, 1.54) is 0 Å². The van der Waals surface area contributed by atoms with Crippen LogP contribution in [0.25, 0.3) is 0 Å². The van der Waals surface area contributed by atoms with Crippen molar-refractivity contribution >= 4 is 0 Å².